The quantitative estimate of drug-likeness (QED) is 0.269. The maximum absolute atomic E-state index is 12.0. The number of anilines is 1. The van der Waals surface area contributed by atoms with Crippen LogP contribution in [0.15, 0.2) is 12.5 Å². The van der Waals surface area contributed by atoms with E-state index in [0.29, 0.717) is 17.7 Å². The van der Waals surface area contributed by atoms with Gasteiger partial charge in [-0.15, -0.1) is 0 Å². The number of nitrogen functional groups attached to an aromatic ring is 1. The van der Waals surface area contributed by atoms with Crippen molar-refractivity contribution in [3.05, 3.63) is 12.5 Å². The van der Waals surface area contributed by atoms with E-state index in [-0.39, 0.29) is 25.9 Å². The molecule has 0 saturated heterocycles. The standard InChI is InChI=1S/C22H34N5O7P/c1-20(2,3)17(28)30-12-33-35(34-13-31-18(29)21(4,5)6)14-32-22(7-8-22)10-27-11-25-15-9-24-19(23)26-16(15)27/h9,11H,7-8,10,12-14H2,1-6H3,(H2,23,24,26). The molecule has 1 fully saturated rings. The molecule has 0 unspecified atom stereocenters. The van der Waals surface area contributed by atoms with Crippen LogP contribution in [0.3, 0.4) is 0 Å². The van der Waals surface area contributed by atoms with Gasteiger partial charge in [0.05, 0.1) is 35.5 Å². The van der Waals surface area contributed by atoms with Crippen molar-refractivity contribution < 1.29 is 32.8 Å². The highest BCUT2D eigenvalue weighted by atomic mass is 31.2. The first-order valence-corrected chi connectivity index (χ1v) is 12.6. The Labute approximate surface area is 205 Å². The monoisotopic (exact) mass is 511 g/mol. The molecular weight excluding hydrogens is 477 g/mol. The SMILES string of the molecule is CC(C)(C)C(=O)OCOP(COC1(Cn2cnc3cnc(N)nc32)CC1)OCOC(=O)C(C)(C)C. The van der Waals surface area contributed by atoms with E-state index in [4.69, 9.17) is 29.0 Å². The molecule has 13 heteroatoms. The number of carbonyl (C=O) groups excluding carboxylic acids is 2. The van der Waals surface area contributed by atoms with Crippen molar-refractivity contribution in [1.82, 2.24) is 19.5 Å². The van der Waals surface area contributed by atoms with Crippen molar-refractivity contribution in [3.63, 3.8) is 0 Å². The highest BCUT2D eigenvalue weighted by molar-refractivity contribution is 7.47. The molecule has 1 aliphatic rings. The Bertz CT molecular complexity index is 1010. The largest absolute Gasteiger partial charge is 0.438 e. The predicted octanol–water partition coefficient (Wildman–Crippen LogP) is 3.35. The number of fused-ring (bicyclic) bond motifs is 1. The molecule has 35 heavy (non-hydrogen) atoms. The smallest absolute Gasteiger partial charge is 0.313 e. The van der Waals surface area contributed by atoms with Crippen molar-refractivity contribution >= 4 is 37.4 Å². The second-order valence-electron chi connectivity index (χ2n) is 10.5. The van der Waals surface area contributed by atoms with Crippen LogP contribution >= 0.6 is 8.38 Å². The zero-order valence-corrected chi connectivity index (χ0v) is 22.0. The normalized spacial score (nSPS) is 15.4. The molecular formula is C22H34N5O7P. The van der Waals surface area contributed by atoms with Gasteiger partial charge in [0.15, 0.2) is 19.2 Å². The first-order chi connectivity index (χ1) is 16.3. The Hall–Kier alpha value is -2.40. The third-order valence-corrected chi connectivity index (χ3v) is 6.24. The van der Waals surface area contributed by atoms with Crippen LogP contribution in [0.2, 0.25) is 0 Å². The minimum Gasteiger partial charge on any atom is -0.438 e. The summed E-state index contributed by atoms with van der Waals surface area (Å²) in [6.45, 7) is 10.4. The van der Waals surface area contributed by atoms with Gasteiger partial charge in [-0.25, -0.2) is 9.97 Å². The summed E-state index contributed by atoms with van der Waals surface area (Å²) in [5.41, 5.74) is 5.23. The van der Waals surface area contributed by atoms with Gasteiger partial charge in [-0.05, 0) is 54.4 Å². The first-order valence-electron chi connectivity index (χ1n) is 11.2. The highest BCUT2D eigenvalue weighted by Gasteiger charge is 2.45. The summed E-state index contributed by atoms with van der Waals surface area (Å²) >= 11 is 0. The summed E-state index contributed by atoms with van der Waals surface area (Å²) in [5.74, 6) is -0.635. The zero-order valence-electron chi connectivity index (χ0n) is 21.1. The minimum absolute atomic E-state index is 0.0965. The van der Waals surface area contributed by atoms with Gasteiger partial charge in [0.1, 0.15) is 11.9 Å². The van der Waals surface area contributed by atoms with E-state index in [1.54, 1.807) is 54.1 Å². The number of nitrogens with two attached hydrogens (primary N) is 1. The molecule has 12 nitrogen and oxygen atoms in total. The average Bonchev–Trinajstić information content (AvgIpc) is 3.42. The fraction of sp³-hybridized carbons (Fsp3) is 0.682. The summed E-state index contributed by atoms with van der Waals surface area (Å²) in [4.78, 5) is 36.6. The van der Waals surface area contributed by atoms with E-state index in [0.717, 1.165) is 12.8 Å². The van der Waals surface area contributed by atoms with Gasteiger partial charge >= 0.3 is 11.9 Å². The number of ether oxygens (including phenoxy) is 3. The maximum atomic E-state index is 12.0. The number of esters is 2. The second-order valence-corrected chi connectivity index (χ2v) is 11.9. The predicted molar refractivity (Wildman–Crippen MR) is 128 cm³/mol. The van der Waals surface area contributed by atoms with Gasteiger partial charge < -0.3 is 24.5 Å². The van der Waals surface area contributed by atoms with Crippen molar-refractivity contribution in [3.8, 4) is 0 Å². The van der Waals surface area contributed by atoms with Crippen LogP contribution in [0, 0.1) is 10.8 Å². The molecule has 0 bridgehead atoms. The Morgan fingerprint density at radius 1 is 1.03 bits per heavy atom. The van der Waals surface area contributed by atoms with Gasteiger partial charge in [0.25, 0.3) is 0 Å². The van der Waals surface area contributed by atoms with Gasteiger partial charge in [-0.1, -0.05) is 0 Å². The van der Waals surface area contributed by atoms with Gasteiger partial charge in [0, 0.05) is 0 Å². The molecule has 0 aliphatic heterocycles. The maximum Gasteiger partial charge on any atom is 0.313 e. The lowest BCUT2D eigenvalue weighted by Gasteiger charge is -2.23. The van der Waals surface area contributed by atoms with Crippen molar-refractivity contribution in [2.24, 2.45) is 10.8 Å². The Morgan fingerprint density at radius 3 is 2.11 bits per heavy atom. The highest BCUT2D eigenvalue weighted by Crippen LogP contribution is 2.47. The summed E-state index contributed by atoms with van der Waals surface area (Å²) in [7, 11) is -1.67. The molecule has 0 radical (unpaired) electrons. The van der Waals surface area contributed by atoms with Gasteiger partial charge in [-0.2, -0.15) is 4.98 Å². The lowest BCUT2D eigenvalue weighted by Crippen LogP contribution is -2.25. The topological polar surface area (TPSA) is 150 Å². The number of nitrogens with zero attached hydrogens (tertiary/aromatic N) is 4. The number of carbonyl (C=O) groups is 2. The number of rotatable bonds is 11. The number of hydrogen-bond acceptors (Lipinski definition) is 11. The Balaban J connectivity index is 1.58. The zero-order chi connectivity index (χ0) is 25.9. The van der Waals surface area contributed by atoms with Crippen LogP contribution in [0.5, 0.6) is 0 Å². The van der Waals surface area contributed by atoms with Crippen LogP contribution in [0.25, 0.3) is 11.2 Å². The molecule has 0 amide bonds. The van der Waals surface area contributed by atoms with Crippen molar-refractivity contribution in [2.45, 2.75) is 66.5 Å². The van der Waals surface area contributed by atoms with Gasteiger partial charge in [-0.3, -0.25) is 18.6 Å². The van der Waals surface area contributed by atoms with Crippen LogP contribution in [0.4, 0.5) is 5.95 Å². The average molecular weight is 512 g/mol. The fourth-order valence-electron chi connectivity index (χ4n) is 2.79. The molecule has 2 N–H and O–H groups in total. The first kappa shape index (κ1) is 27.2. The van der Waals surface area contributed by atoms with E-state index >= 15 is 0 Å². The number of aromatic nitrogens is 4. The summed E-state index contributed by atoms with van der Waals surface area (Å²) in [5, 5.41) is 0. The van der Waals surface area contributed by atoms with Crippen molar-refractivity contribution in [1.29, 1.82) is 0 Å². The number of hydrogen-bond donors (Lipinski definition) is 1. The number of imidazole rings is 1. The van der Waals surface area contributed by atoms with Crippen LogP contribution < -0.4 is 5.73 Å². The molecule has 1 aliphatic carbocycles. The molecule has 2 heterocycles. The third kappa shape index (κ3) is 7.79. The van der Waals surface area contributed by atoms with Crippen molar-refractivity contribution in [2.75, 3.05) is 25.7 Å². The fourth-order valence-corrected chi connectivity index (χ4v) is 3.74. The molecule has 194 valence electrons. The minimum atomic E-state index is -1.67. The Morgan fingerprint density at radius 2 is 1.60 bits per heavy atom. The van der Waals surface area contributed by atoms with Gasteiger partial charge in [0.2, 0.25) is 14.3 Å². The van der Waals surface area contributed by atoms with Crippen LogP contribution in [-0.4, -0.2) is 57.0 Å². The van der Waals surface area contributed by atoms with E-state index in [2.05, 4.69) is 15.0 Å². The lowest BCUT2D eigenvalue weighted by molar-refractivity contribution is -0.161. The lowest BCUT2D eigenvalue weighted by atomic mass is 9.98. The molecule has 2 aromatic rings. The third-order valence-electron chi connectivity index (χ3n) is 5.12. The van der Waals surface area contributed by atoms with E-state index in [1.165, 1.54) is 0 Å². The second kappa shape index (κ2) is 10.7. The summed E-state index contributed by atoms with van der Waals surface area (Å²) in [6, 6.07) is 0. The van der Waals surface area contributed by atoms with Crippen LogP contribution in [0.1, 0.15) is 54.4 Å². The molecule has 1 saturated carbocycles. The molecule has 3 rings (SSSR count). The van der Waals surface area contributed by atoms with E-state index in [1.807, 2.05) is 4.57 Å². The Kier molecular flexibility index (Phi) is 8.31. The summed E-state index contributed by atoms with van der Waals surface area (Å²) < 4.78 is 29.7. The summed E-state index contributed by atoms with van der Waals surface area (Å²) in [6.07, 6.45) is 5.01. The molecule has 0 atom stereocenters. The van der Waals surface area contributed by atoms with E-state index in [9.17, 15) is 9.59 Å². The molecule has 0 aromatic carbocycles. The molecule has 2 aromatic heterocycles. The van der Waals surface area contributed by atoms with E-state index < -0.39 is 36.7 Å². The molecule has 0 spiro atoms. The van der Waals surface area contributed by atoms with Crippen LogP contribution in [-0.2, 0) is 39.4 Å².